The van der Waals surface area contributed by atoms with Gasteiger partial charge >= 0.3 is 5.97 Å². The van der Waals surface area contributed by atoms with Crippen LogP contribution in [0.2, 0.25) is 5.02 Å². The van der Waals surface area contributed by atoms with Crippen LogP contribution in [-0.4, -0.2) is 18.5 Å². The first-order chi connectivity index (χ1) is 9.17. The smallest absolute Gasteiger partial charge is 0.306 e. The van der Waals surface area contributed by atoms with Gasteiger partial charge in [0.15, 0.2) is 6.61 Å². The van der Waals surface area contributed by atoms with E-state index in [1.54, 1.807) is 18.2 Å². The number of carbonyl (C=O) groups excluding carboxylic acids is 2. The van der Waals surface area contributed by atoms with Crippen molar-refractivity contribution in [3.63, 3.8) is 0 Å². The average molecular weight is 298 g/mol. The van der Waals surface area contributed by atoms with Gasteiger partial charge in [-0.2, -0.15) is 0 Å². The molecule has 5 heteroatoms. The SMILES string of the molecule is Cc1cc(Cl)ccc1NC(=O)COC(=O)CC(C)(C)C. The van der Waals surface area contributed by atoms with E-state index >= 15 is 0 Å². The summed E-state index contributed by atoms with van der Waals surface area (Å²) in [4.78, 5) is 23.2. The Balaban J connectivity index is 2.46. The van der Waals surface area contributed by atoms with Crippen molar-refractivity contribution in [3.05, 3.63) is 28.8 Å². The first-order valence-electron chi connectivity index (χ1n) is 6.39. The zero-order chi connectivity index (χ0) is 15.3. The highest BCUT2D eigenvalue weighted by molar-refractivity contribution is 6.30. The number of amides is 1. The molecule has 1 rings (SSSR count). The lowest BCUT2D eigenvalue weighted by Gasteiger charge is -2.16. The molecule has 0 fully saturated rings. The lowest BCUT2D eigenvalue weighted by Crippen LogP contribution is -2.23. The second kappa shape index (κ2) is 6.75. The Morgan fingerprint density at radius 1 is 1.30 bits per heavy atom. The standard InChI is InChI=1S/C15H20ClNO3/c1-10-7-11(16)5-6-12(10)17-13(18)9-20-14(19)8-15(2,3)4/h5-7H,8-9H2,1-4H3,(H,17,18). The average Bonchev–Trinajstić information content (AvgIpc) is 2.28. The van der Waals surface area contributed by atoms with Crippen LogP contribution in [-0.2, 0) is 14.3 Å². The summed E-state index contributed by atoms with van der Waals surface area (Å²) in [6.07, 6.45) is 0.278. The molecule has 0 saturated heterocycles. The molecule has 0 aliphatic carbocycles. The number of ether oxygens (including phenoxy) is 1. The van der Waals surface area contributed by atoms with E-state index in [0.717, 1.165) is 5.56 Å². The van der Waals surface area contributed by atoms with E-state index < -0.39 is 0 Å². The molecule has 0 spiro atoms. The third kappa shape index (κ3) is 6.06. The van der Waals surface area contributed by atoms with Crippen molar-refractivity contribution in [1.29, 1.82) is 0 Å². The van der Waals surface area contributed by atoms with Crippen molar-refractivity contribution in [2.45, 2.75) is 34.1 Å². The summed E-state index contributed by atoms with van der Waals surface area (Å²) in [6, 6.07) is 5.16. The van der Waals surface area contributed by atoms with Gasteiger partial charge in [0.05, 0.1) is 6.42 Å². The van der Waals surface area contributed by atoms with Crippen LogP contribution >= 0.6 is 11.6 Å². The van der Waals surface area contributed by atoms with Crippen molar-refractivity contribution in [2.24, 2.45) is 5.41 Å². The van der Waals surface area contributed by atoms with Crippen LogP contribution in [0.1, 0.15) is 32.8 Å². The second-order valence-corrected chi connectivity index (χ2v) is 6.34. The van der Waals surface area contributed by atoms with Crippen LogP contribution in [0.25, 0.3) is 0 Å². The molecular formula is C15H20ClNO3. The minimum absolute atomic E-state index is 0.152. The summed E-state index contributed by atoms with van der Waals surface area (Å²) in [6.45, 7) is 7.37. The maximum Gasteiger partial charge on any atom is 0.306 e. The molecule has 0 atom stereocenters. The molecule has 0 aliphatic heterocycles. The fourth-order valence-electron chi connectivity index (χ4n) is 1.58. The minimum Gasteiger partial charge on any atom is -0.456 e. The normalized spacial score (nSPS) is 11.1. The molecule has 0 aliphatic rings. The van der Waals surface area contributed by atoms with E-state index in [-0.39, 0.29) is 30.3 Å². The maximum atomic E-state index is 11.7. The minimum atomic E-state index is -0.375. The molecule has 20 heavy (non-hydrogen) atoms. The molecule has 1 N–H and O–H groups in total. The third-order valence-corrected chi connectivity index (χ3v) is 2.74. The van der Waals surface area contributed by atoms with Crippen LogP contribution < -0.4 is 5.32 Å². The van der Waals surface area contributed by atoms with Gasteiger partial charge in [-0.05, 0) is 36.1 Å². The largest absolute Gasteiger partial charge is 0.456 e. The van der Waals surface area contributed by atoms with Gasteiger partial charge in [0.1, 0.15) is 0 Å². The number of hydrogen-bond donors (Lipinski definition) is 1. The van der Waals surface area contributed by atoms with Gasteiger partial charge in [0.2, 0.25) is 0 Å². The monoisotopic (exact) mass is 297 g/mol. The Labute approximate surface area is 124 Å². The molecule has 1 amide bonds. The van der Waals surface area contributed by atoms with Gasteiger partial charge in [0, 0.05) is 10.7 Å². The van der Waals surface area contributed by atoms with Crippen LogP contribution in [0.4, 0.5) is 5.69 Å². The first-order valence-corrected chi connectivity index (χ1v) is 6.77. The summed E-state index contributed by atoms with van der Waals surface area (Å²) < 4.78 is 4.94. The number of carbonyl (C=O) groups is 2. The fourth-order valence-corrected chi connectivity index (χ4v) is 1.81. The number of esters is 1. The fraction of sp³-hybridized carbons (Fsp3) is 0.467. The molecule has 0 heterocycles. The summed E-state index contributed by atoms with van der Waals surface area (Å²) in [5.74, 6) is -0.738. The second-order valence-electron chi connectivity index (χ2n) is 5.91. The zero-order valence-corrected chi connectivity index (χ0v) is 13.0. The molecule has 0 saturated carbocycles. The molecule has 110 valence electrons. The van der Waals surface area contributed by atoms with Crippen molar-refractivity contribution in [1.82, 2.24) is 0 Å². The maximum absolute atomic E-state index is 11.7. The van der Waals surface area contributed by atoms with Crippen molar-refractivity contribution in [3.8, 4) is 0 Å². The summed E-state index contributed by atoms with van der Waals surface area (Å²) in [5, 5.41) is 3.29. The Morgan fingerprint density at radius 3 is 2.50 bits per heavy atom. The molecule has 1 aromatic rings. The van der Waals surface area contributed by atoms with Crippen LogP contribution in [0, 0.1) is 12.3 Å². The molecule has 0 bridgehead atoms. The highest BCUT2D eigenvalue weighted by atomic mass is 35.5. The summed E-state index contributed by atoms with van der Waals surface area (Å²) >= 11 is 5.84. The van der Waals surface area contributed by atoms with E-state index in [4.69, 9.17) is 16.3 Å². The zero-order valence-electron chi connectivity index (χ0n) is 12.2. The van der Waals surface area contributed by atoms with E-state index in [1.807, 2.05) is 27.7 Å². The van der Waals surface area contributed by atoms with Gasteiger partial charge < -0.3 is 10.1 Å². The number of hydrogen-bond acceptors (Lipinski definition) is 3. The lowest BCUT2D eigenvalue weighted by molar-refractivity contribution is -0.149. The number of halogens is 1. The highest BCUT2D eigenvalue weighted by Gasteiger charge is 2.18. The van der Waals surface area contributed by atoms with E-state index in [1.165, 1.54) is 0 Å². The Hall–Kier alpha value is -1.55. The van der Waals surface area contributed by atoms with E-state index in [2.05, 4.69) is 5.32 Å². The Kier molecular flexibility index (Phi) is 5.57. The summed E-state index contributed by atoms with van der Waals surface area (Å²) in [5.41, 5.74) is 1.36. The quantitative estimate of drug-likeness (QED) is 0.864. The summed E-state index contributed by atoms with van der Waals surface area (Å²) in [7, 11) is 0. The van der Waals surface area contributed by atoms with Gasteiger partial charge in [-0.25, -0.2) is 0 Å². The molecule has 0 aromatic heterocycles. The molecule has 4 nitrogen and oxygen atoms in total. The molecule has 1 aromatic carbocycles. The van der Waals surface area contributed by atoms with Gasteiger partial charge in [-0.1, -0.05) is 32.4 Å². The molecular weight excluding hydrogens is 278 g/mol. The van der Waals surface area contributed by atoms with Crippen molar-refractivity contribution in [2.75, 3.05) is 11.9 Å². The molecule has 0 radical (unpaired) electrons. The number of nitrogens with one attached hydrogen (secondary N) is 1. The van der Waals surface area contributed by atoms with E-state index in [9.17, 15) is 9.59 Å². The number of rotatable bonds is 4. The van der Waals surface area contributed by atoms with Crippen molar-refractivity contribution < 1.29 is 14.3 Å². The first kappa shape index (κ1) is 16.5. The number of aryl methyl sites for hydroxylation is 1. The van der Waals surface area contributed by atoms with Gasteiger partial charge in [-0.3, -0.25) is 9.59 Å². The third-order valence-electron chi connectivity index (χ3n) is 2.50. The predicted molar refractivity (Wildman–Crippen MR) is 79.8 cm³/mol. The van der Waals surface area contributed by atoms with E-state index in [0.29, 0.717) is 10.7 Å². The van der Waals surface area contributed by atoms with Crippen molar-refractivity contribution >= 4 is 29.2 Å². The molecule has 0 unspecified atom stereocenters. The van der Waals surface area contributed by atoms with Crippen LogP contribution in [0.5, 0.6) is 0 Å². The van der Waals surface area contributed by atoms with Gasteiger partial charge in [-0.15, -0.1) is 0 Å². The lowest BCUT2D eigenvalue weighted by atomic mass is 9.92. The number of anilines is 1. The highest BCUT2D eigenvalue weighted by Crippen LogP contribution is 2.20. The van der Waals surface area contributed by atoms with Gasteiger partial charge in [0.25, 0.3) is 5.91 Å². The van der Waals surface area contributed by atoms with Crippen LogP contribution in [0.15, 0.2) is 18.2 Å². The predicted octanol–water partition coefficient (Wildman–Crippen LogP) is 3.57. The Bertz CT molecular complexity index is 506. The van der Waals surface area contributed by atoms with Crippen LogP contribution in [0.3, 0.4) is 0 Å². The Morgan fingerprint density at radius 2 is 1.95 bits per heavy atom. The number of benzene rings is 1. The topological polar surface area (TPSA) is 55.4 Å².